The third-order valence-electron chi connectivity index (χ3n) is 8.53. The molecule has 0 amide bonds. The zero-order chi connectivity index (χ0) is 27.6. The fourth-order valence-corrected chi connectivity index (χ4v) is 8.79. The van der Waals surface area contributed by atoms with Crippen LogP contribution in [0.25, 0.3) is 75.5 Å². The molecule has 8 aromatic rings. The van der Waals surface area contributed by atoms with Crippen LogP contribution in [0.3, 0.4) is 0 Å². The minimum absolute atomic E-state index is 1.23. The van der Waals surface area contributed by atoms with Crippen LogP contribution in [0.1, 0.15) is 0 Å². The molecule has 1 aromatic heterocycles. The number of fused-ring (bicyclic) bond motifs is 5. The third-order valence-corrected chi connectivity index (χ3v) is 10.8. The van der Waals surface area contributed by atoms with Gasteiger partial charge in [0.2, 0.25) is 0 Å². The van der Waals surface area contributed by atoms with Gasteiger partial charge in [0.05, 0.1) is 0 Å². The molecule has 0 atom stereocenters. The Morgan fingerprint density at radius 3 is 1.74 bits per heavy atom. The Morgan fingerprint density at radius 1 is 0.310 bits per heavy atom. The Labute approximate surface area is 252 Å². The van der Waals surface area contributed by atoms with E-state index in [2.05, 4.69) is 146 Å². The maximum atomic E-state index is 2.30. The lowest BCUT2D eigenvalue weighted by Crippen LogP contribution is -1.94. The maximum Gasteiger partial charge on any atom is 0.0361 e. The molecule has 1 aliphatic heterocycles. The van der Waals surface area contributed by atoms with Gasteiger partial charge in [-0.2, -0.15) is 0 Å². The highest BCUT2D eigenvalue weighted by atomic mass is 32.2. The van der Waals surface area contributed by atoms with Gasteiger partial charge in [0, 0.05) is 35.3 Å². The molecule has 0 bridgehead atoms. The van der Waals surface area contributed by atoms with Crippen LogP contribution in [0.5, 0.6) is 0 Å². The van der Waals surface area contributed by atoms with Gasteiger partial charge < -0.3 is 0 Å². The van der Waals surface area contributed by atoms with Gasteiger partial charge in [0.15, 0.2) is 0 Å². The summed E-state index contributed by atoms with van der Waals surface area (Å²) >= 11 is 3.75. The van der Waals surface area contributed by atoms with Crippen molar-refractivity contribution in [2.75, 3.05) is 0 Å². The topological polar surface area (TPSA) is 0 Å². The number of benzene rings is 7. The number of thiophene rings is 1. The molecule has 42 heavy (non-hydrogen) atoms. The zero-order valence-corrected chi connectivity index (χ0v) is 24.3. The van der Waals surface area contributed by atoms with Crippen molar-refractivity contribution in [2.24, 2.45) is 0 Å². The normalized spacial score (nSPS) is 12.2. The summed E-state index contributed by atoms with van der Waals surface area (Å²) in [5, 5.41) is 5.39. The molecule has 1 aliphatic rings. The van der Waals surface area contributed by atoms with Gasteiger partial charge in [-0.05, 0) is 74.2 Å². The summed E-state index contributed by atoms with van der Waals surface area (Å²) in [6.07, 6.45) is 0. The van der Waals surface area contributed by atoms with Crippen molar-refractivity contribution in [3.05, 3.63) is 146 Å². The van der Waals surface area contributed by atoms with E-state index >= 15 is 0 Å². The third kappa shape index (κ3) is 3.69. The van der Waals surface area contributed by atoms with Crippen molar-refractivity contribution < 1.29 is 0 Å². The smallest absolute Gasteiger partial charge is 0.0361 e. The zero-order valence-electron chi connectivity index (χ0n) is 22.7. The first-order valence-electron chi connectivity index (χ1n) is 14.3. The van der Waals surface area contributed by atoms with Crippen LogP contribution in [-0.4, -0.2) is 0 Å². The van der Waals surface area contributed by atoms with Gasteiger partial charge >= 0.3 is 0 Å². The standard InChI is InChI=1S/C40H24S2/c1-3-12-35-31(7-1)33-11-5-10-32-29(23-24-38(41-35)40(32)33)27-19-15-25(16-20-27)26-17-21-28(22-18-26)30-9-6-14-37-39(30)34-8-2-4-13-36(34)42-37/h1-24H. The Kier molecular flexibility index (Phi) is 5.41. The van der Waals surface area contributed by atoms with E-state index in [-0.39, 0.29) is 0 Å². The van der Waals surface area contributed by atoms with Crippen molar-refractivity contribution in [3.8, 4) is 44.5 Å². The lowest BCUT2D eigenvalue weighted by molar-refractivity contribution is 1.40. The van der Waals surface area contributed by atoms with Crippen LogP contribution in [0.2, 0.25) is 0 Å². The van der Waals surface area contributed by atoms with E-state index in [1.54, 1.807) is 0 Å². The molecule has 2 heterocycles. The molecule has 0 saturated heterocycles. The van der Waals surface area contributed by atoms with Crippen LogP contribution in [0, 0.1) is 0 Å². The molecular formula is C40H24S2. The summed E-state index contributed by atoms with van der Waals surface area (Å²) in [4.78, 5) is 2.67. The molecule has 7 aromatic carbocycles. The minimum atomic E-state index is 1.23. The fraction of sp³-hybridized carbons (Fsp3) is 0. The first kappa shape index (κ1) is 24.0. The molecule has 0 spiro atoms. The van der Waals surface area contributed by atoms with Crippen molar-refractivity contribution in [2.45, 2.75) is 9.79 Å². The summed E-state index contributed by atoms with van der Waals surface area (Å²) in [6.45, 7) is 0. The van der Waals surface area contributed by atoms with Crippen LogP contribution >= 0.6 is 23.1 Å². The van der Waals surface area contributed by atoms with Gasteiger partial charge in [0.25, 0.3) is 0 Å². The molecule has 0 fully saturated rings. The minimum Gasteiger partial charge on any atom is -0.135 e. The first-order chi connectivity index (χ1) is 20.8. The predicted octanol–water partition coefficient (Wildman–Crippen LogP) is 12.3. The summed E-state index contributed by atoms with van der Waals surface area (Å²) in [5.41, 5.74) is 10.2. The number of hydrogen-bond acceptors (Lipinski definition) is 2. The van der Waals surface area contributed by atoms with Crippen LogP contribution in [0.4, 0.5) is 0 Å². The second kappa shape index (κ2) is 9.46. The van der Waals surface area contributed by atoms with Gasteiger partial charge in [-0.25, -0.2) is 0 Å². The van der Waals surface area contributed by atoms with Gasteiger partial charge in [-0.15, -0.1) is 11.3 Å². The highest BCUT2D eigenvalue weighted by Crippen LogP contribution is 2.49. The molecule has 2 heteroatoms. The Morgan fingerprint density at radius 2 is 0.905 bits per heavy atom. The second-order valence-corrected chi connectivity index (χ2v) is 13.0. The predicted molar refractivity (Wildman–Crippen MR) is 183 cm³/mol. The van der Waals surface area contributed by atoms with Gasteiger partial charge in [-0.3, -0.25) is 0 Å². The average molecular weight is 569 g/mol. The van der Waals surface area contributed by atoms with E-state index in [9.17, 15) is 0 Å². The van der Waals surface area contributed by atoms with E-state index in [4.69, 9.17) is 0 Å². The summed E-state index contributed by atoms with van der Waals surface area (Å²) in [5.74, 6) is 0. The van der Waals surface area contributed by atoms with Gasteiger partial charge in [0.1, 0.15) is 0 Å². The molecule has 196 valence electrons. The van der Waals surface area contributed by atoms with Crippen molar-refractivity contribution in [1.29, 1.82) is 0 Å². The average Bonchev–Trinajstić information content (AvgIpc) is 3.44. The Hall–Kier alpha value is -4.63. The second-order valence-electron chi connectivity index (χ2n) is 10.9. The van der Waals surface area contributed by atoms with Crippen LogP contribution in [-0.2, 0) is 0 Å². The lowest BCUT2D eigenvalue weighted by Gasteiger charge is -2.21. The molecule has 0 radical (unpaired) electrons. The van der Waals surface area contributed by atoms with Crippen molar-refractivity contribution in [3.63, 3.8) is 0 Å². The van der Waals surface area contributed by atoms with Crippen LogP contribution < -0.4 is 0 Å². The number of rotatable bonds is 3. The molecule has 9 rings (SSSR count). The van der Waals surface area contributed by atoms with E-state index in [1.807, 2.05) is 23.1 Å². The summed E-state index contributed by atoms with van der Waals surface area (Å²) in [7, 11) is 0. The largest absolute Gasteiger partial charge is 0.135 e. The molecule has 0 saturated carbocycles. The van der Waals surface area contributed by atoms with E-state index in [0.29, 0.717) is 0 Å². The van der Waals surface area contributed by atoms with E-state index < -0.39 is 0 Å². The van der Waals surface area contributed by atoms with Crippen molar-refractivity contribution >= 4 is 54.0 Å². The maximum absolute atomic E-state index is 2.30. The first-order valence-corrected chi connectivity index (χ1v) is 15.9. The number of hydrogen-bond donors (Lipinski definition) is 0. The van der Waals surface area contributed by atoms with Gasteiger partial charge in [-0.1, -0.05) is 133 Å². The van der Waals surface area contributed by atoms with E-state index in [0.717, 1.165) is 0 Å². The van der Waals surface area contributed by atoms with Crippen molar-refractivity contribution in [1.82, 2.24) is 0 Å². The SMILES string of the molecule is c1ccc2c(c1)Sc1ccc(-c3ccc(-c4ccc(-c5cccc6sc7ccccc7c56)cc4)cc3)c3cccc-2c13. The Bertz CT molecular complexity index is 2310. The monoisotopic (exact) mass is 568 g/mol. The molecule has 0 unspecified atom stereocenters. The summed E-state index contributed by atoms with van der Waals surface area (Å²) < 4.78 is 2.69. The lowest BCUT2D eigenvalue weighted by atomic mass is 9.91. The highest BCUT2D eigenvalue weighted by Gasteiger charge is 2.20. The van der Waals surface area contributed by atoms with Crippen LogP contribution in [0.15, 0.2) is 155 Å². The molecular weight excluding hydrogens is 545 g/mol. The molecule has 0 N–H and O–H groups in total. The van der Waals surface area contributed by atoms with E-state index in [1.165, 1.54) is 85.2 Å². The Balaban J connectivity index is 1.07. The highest BCUT2D eigenvalue weighted by molar-refractivity contribution is 7.99. The molecule has 0 nitrogen and oxygen atoms in total. The quantitative estimate of drug-likeness (QED) is 0.204. The summed E-state index contributed by atoms with van der Waals surface area (Å²) in [6, 6.07) is 53.6. The molecule has 0 aliphatic carbocycles. The fourth-order valence-electron chi connectivity index (χ4n) is 6.53.